The quantitative estimate of drug-likeness (QED) is 0.228. The van der Waals surface area contributed by atoms with Gasteiger partial charge in [0.25, 0.3) is 0 Å². The van der Waals surface area contributed by atoms with Crippen molar-refractivity contribution in [1.82, 2.24) is 0 Å². The van der Waals surface area contributed by atoms with E-state index in [0.717, 1.165) is 42.2 Å². The molecule has 3 aromatic carbocycles. The minimum atomic E-state index is -3.81. The summed E-state index contributed by atoms with van der Waals surface area (Å²) in [5, 5.41) is -0.637. The van der Waals surface area contributed by atoms with Gasteiger partial charge in [0.15, 0.2) is 11.6 Å². The van der Waals surface area contributed by atoms with Gasteiger partial charge in [-0.2, -0.15) is 8.78 Å². The van der Waals surface area contributed by atoms with Crippen molar-refractivity contribution < 1.29 is 26.7 Å². The van der Waals surface area contributed by atoms with Crippen molar-refractivity contribution in [1.29, 1.82) is 0 Å². The van der Waals surface area contributed by atoms with Gasteiger partial charge in [0.05, 0.1) is 5.56 Å². The van der Waals surface area contributed by atoms with E-state index in [1.807, 2.05) is 0 Å². The van der Waals surface area contributed by atoms with Gasteiger partial charge in [0, 0.05) is 0 Å². The van der Waals surface area contributed by atoms with Crippen LogP contribution < -0.4 is 4.74 Å². The van der Waals surface area contributed by atoms with E-state index in [1.165, 1.54) is 49.9 Å². The first-order valence-corrected chi connectivity index (χ1v) is 12.1. The zero-order valence-electron chi connectivity index (χ0n) is 19.3. The Kier molecular flexibility index (Phi) is 7.70. The summed E-state index contributed by atoms with van der Waals surface area (Å²) in [7, 11) is 0. The lowest BCUT2D eigenvalue weighted by molar-refractivity contribution is -0.186. The monoisotopic (exact) mass is 508 g/mol. The van der Waals surface area contributed by atoms with Crippen molar-refractivity contribution in [2.45, 2.75) is 51.6 Å². The highest BCUT2D eigenvalue weighted by molar-refractivity contribution is 6.31. The van der Waals surface area contributed by atoms with Crippen LogP contribution in [0.1, 0.15) is 50.2 Å². The van der Waals surface area contributed by atoms with Crippen LogP contribution in [0.25, 0.3) is 11.1 Å². The molecule has 0 atom stereocenters. The lowest BCUT2D eigenvalue weighted by atomic mass is 9.80. The molecule has 0 N–H and O–H groups in total. The smallest absolute Gasteiger partial charge is 0.426 e. The third-order valence-electron chi connectivity index (χ3n) is 6.75. The molecule has 186 valence electrons. The fraction of sp³-hybridized carbons (Fsp3) is 0.357. The highest BCUT2D eigenvalue weighted by atomic mass is 35.5. The first kappa shape index (κ1) is 25.5. The van der Waals surface area contributed by atoms with E-state index in [9.17, 15) is 22.0 Å². The number of halogens is 6. The van der Waals surface area contributed by atoms with Crippen LogP contribution in [0.2, 0.25) is 5.02 Å². The number of rotatable bonds is 7. The van der Waals surface area contributed by atoms with Crippen LogP contribution in [0, 0.1) is 29.3 Å². The highest BCUT2D eigenvalue weighted by Gasteiger charge is 2.35. The molecule has 0 aromatic heterocycles. The Morgan fingerprint density at radius 1 is 0.829 bits per heavy atom. The molecule has 7 heteroatoms. The van der Waals surface area contributed by atoms with Crippen LogP contribution in [0.4, 0.5) is 22.0 Å². The standard InChI is InChI=1S/C28H26ClF5O/c1-17-2-4-18(5-3-17)6-7-19-8-13-26(23(30)14-19)35-28(33,34)22-11-9-20(10-12-22)21-15-24(31)27(29)25(32)16-21/h8-18H,2-7H2,1H3. The molecule has 1 nitrogen and oxygen atoms in total. The van der Waals surface area contributed by atoms with Crippen LogP contribution in [-0.4, -0.2) is 0 Å². The molecule has 0 bridgehead atoms. The molecule has 1 aliphatic rings. The molecule has 0 unspecified atom stereocenters. The average molecular weight is 509 g/mol. The van der Waals surface area contributed by atoms with Crippen molar-refractivity contribution in [3.8, 4) is 16.9 Å². The zero-order chi connectivity index (χ0) is 25.2. The fourth-order valence-corrected chi connectivity index (χ4v) is 4.66. The molecule has 1 fully saturated rings. The minimum Gasteiger partial charge on any atom is -0.426 e. The molecule has 4 rings (SSSR count). The molecule has 0 radical (unpaired) electrons. The third kappa shape index (κ3) is 6.16. The summed E-state index contributed by atoms with van der Waals surface area (Å²) in [6.07, 6.45) is 2.63. The number of hydrogen-bond acceptors (Lipinski definition) is 1. The van der Waals surface area contributed by atoms with Crippen molar-refractivity contribution in [2.24, 2.45) is 11.8 Å². The topological polar surface area (TPSA) is 9.23 Å². The van der Waals surface area contributed by atoms with Crippen LogP contribution >= 0.6 is 11.6 Å². The first-order chi connectivity index (χ1) is 16.6. The lowest BCUT2D eigenvalue weighted by Gasteiger charge is -2.26. The van der Waals surface area contributed by atoms with Gasteiger partial charge in [-0.15, -0.1) is 0 Å². The summed E-state index contributed by atoms with van der Waals surface area (Å²) in [6.45, 7) is 2.26. The first-order valence-electron chi connectivity index (χ1n) is 11.7. The van der Waals surface area contributed by atoms with Crippen molar-refractivity contribution in [3.05, 3.63) is 88.2 Å². The molecule has 0 aliphatic heterocycles. The summed E-state index contributed by atoms with van der Waals surface area (Å²) in [5.41, 5.74) is 0.682. The summed E-state index contributed by atoms with van der Waals surface area (Å²) >= 11 is 5.48. The molecule has 0 heterocycles. The number of ether oxygens (including phenoxy) is 1. The highest BCUT2D eigenvalue weighted by Crippen LogP contribution is 2.36. The van der Waals surface area contributed by atoms with Crippen molar-refractivity contribution in [2.75, 3.05) is 0 Å². The van der Waals surface area contributed by atoms with Gasteiger partial charge in [0.1, 0.15) is 16.7 Å². The number of aryl methyl sites for hydroxylation is 1. The van der Waals surface area contributed by atoms with Gasteiger partial charge >= 0.3 is 6.11 Å². The van der Waals surface area contributed by atoms with Crippen LogP contribution in [0.15, 0.2) is 54.6 Å². The predicted molar refractivity (Wildman–Crippen MR) is 127 cm³/mol. The molecule has 1 aliphatic carbocycles. The molecular weight excluding hydrogens is 483 g/mol. The average Bonchev–Trinajstić information content (AvgIpc) is 2.83. The van der Waals surface area contributed by atoms with Gasteiger partial charge in [-0.3, -0.25) is 0 Å². The zero-order valence-corrected chi connectivity index (χ0v) is 20.0. The normalized spacial score (nSPS) is 18.5. The van der Waals surface area contributed by atoms with E-state index in [1.54, 1.807) is 6.07 Å². The maximum atomic E-state index is 14.7. The molecule has 35 heavy (non-hydrogen) atoms. The van der Waals surface area contributed by atoms with Crippen LogP contribution in [0.3, 0.4) is 0 Å². The maximum absolute atomic E-state index is 14.7. The van der Waals surface area contributed by atoms with Gasteiger partial charge in [0.2, 0.25) is 0 Å². The van der Waals surface area contributed by atoms with Crippen LogP contribution in [0.5, 0.6) is 5.75 Å². The Bertz CT molecular complexity index is 1150. The molecule has 0 amide bonds. The van der Waals surface area contributed by atoms with E-state index in [4.69, 9.17) is 16.3 Å². The summed E-state index contributed by atoms with van der Waals surface area (Å²) < 4.78 is 76.2. The molecule has 1 saturated carbocycles. The van der Waals surface area contributed by atoms with E-state index >= 15 is 0 Å². The second-order valence-corrected chi connectivity index (χ2v) is 9.76. The Labute approximate surface area is 206 Å². The Morgan fingerprint density at radius 3 is 2.06 bits per heavy atom. The molecule has 0 saturated heterocycles. The second-order valence-electron chi connectivity index (χ2n) is 9.38. The maximum Gasteiger partial charge on any atom is 0.426 e. The van der Waals surface area contributed by atoms with E-state index in [0.29, 0.717) is 17.9 Å². The Balaban J connectivity index is 1.42. The number of benzene rings is 3. The fourth-order valence-electron chi connectivity index (χ4n) is 4.55. The number of hydrogen-bond donors (Lipinski definition) is 0. The molecule has 3 aromatic rings. The lowest BCUT2D eigenvalue weighted by Crippen LogP contribution is -2.22. The van der Waals surface area contributed by atoms with Crippen LogP contribution in [-0.2, 0) is 12.5 Å². The summed E-state index contributed by atoms with van der Waals surface area (Å²) in [5.74, 6) is -1.91. The van der Waals surface area contributed by atoms with E-state index in [2.05, 4.69) is 6.92 Å². The van der Waals surface area contributed by atoms with Gasteiger partial charge in [-0.05, 0) is 77.8 Å². The van der Waals surface area contributed by atoms with Gasteiger partial charge < -0.3 is 4.74 Å². The van der Waals surface area contributed by atoms with Gasteiger partial charge in [-0.25, -0.2) is 13.2 Å². The largest absolute Gasteiger partial charge is 0.426 e. The van der Waals surface area contributed by atoms with Gasteiger partial charge in [-0.1, -0.05) is 62.4 Å². The molecule has 0 spiro atoms. The Morgan fingerprint density at radius 2 is 1.46 bits per heavy atom. The second kappa shape index (κ2) is 10.6. The summed E-state index contributed by atoms with van der Waals surface area (Å²) in [4.78, 5) is 0. The number of alkyl halides is 2. The third-order valence-corrected chi connectivity index (χ3v) is 7.11. The molecular formula is C28H26ClF5O. The minimum absolute atomic E-state index is 0.143. The van der Waals surface area contributed by atoms with Crippen molar-refractivity contribution in [3.63, 3.8) is 0 Å². The Hall–Kier alpha value is -2.60. The summed E-state index contributed by atoms with van der Waals surface area (Å²) in [6, 6.07) is 10.8. The predicted octanol–water partition coefficient (Wildman–Crippen LogP) is 9.31. The van der Waals surface area contributed by atoms with E-state index in [-0.39, 0.29) is 5.56 Å². The SMILES string of the molecule is CC1CCC(CCc2ccc(OC(F)(F)c3ccc(-c4cc(F)c(Cl)c(F)c4)cc3)c(F)c2)CC1. The van der Waals surface area contributed by atoms with Crippen molar-refractivity contribution >= 4 is 11.6 Å². The van der Waals surface area contributed by atoms with E-state index < -0.39 is 39.9 Å².